The lowest BCUT2D eigenvalue weighted by molar-refractivity contribution is -0.127. The third kappa shape index (κ3) is 2.69. The van der Waals surface area contributed by atoms with Crippen LogP contribution in [-0.4, -0.2) is 36.4 Å². The lowest BCUT2D eigenvalue weighted by Crippen LogP contribution is -2.41. The first kappa shape index (κ1) is 11.5. The molecule has 1 rings (SSSR count). The van der Waals surface area contributed by atoms with Crippen molar-refractivity contribution in [1.29, 1.82) is 0 Å². The van der Waals surface area contributed by atoms with Gasteiger partial charge in [0.05, 0.1) is 18.6 Å². The largest absolute Gasteiger partial charge is 0.394 e. The van der Waals surface area contributed by atoms with Gasteiger partial charge in [0, 0.05) is 12.6 Å². The number of hydrogen-bond acceptors (Lipinski definition) is 3. The summed E-state index contributed by atoms with van der Waals surface area (Å²) in [6.45, 7) is 4.46. The van der Waals surface area contributed by atoms with Crippen LogP contribution in [0.5, 0.6) is 0 Å². The van der Waals surface area contributed by atoms with Gasteiger partial charge in [-0.15, -0.1) is 0 Å². The van der Waals surface area contributed by atoms with Gasteiger partial charge in [-0.2, -0.15) is 0 Å². The molecule has 0 spiro atoms. The van der Waals surface area contributed by atoms with Crippen molar-refractivity contribution < 1.29 is 14.6 Å². The van der Waals surface area contributed by atoms with Crippen molar-refractivity contribution in [3.63, 3.8) is 0 Å². The number of ether oxygens (including phenoxy) is 1. The molecule has 2 unspecified atom stereocenters. The summed E-state index contributed by atoms with van der Waals surface area (Å²) in [5.41, 5.74) is 0. The molecular weight excluding hydrogens is 182 g/mol. The monoisotopic (exact) mass is 201 g/mol. The molecule has 0 radical (unpaired) electrons. The highest BCUT2D eigenvalue weighted by atomic mass is 16.5. The smallest absolute Gasteiger partial charge is 0.226 e. The van der Waals surface area contributed by atoms with Crippen molar-refractivity contribution in [1.82, 2.24) is 5.32 Å². The first-order chi connectivity index (χ1) is 6.69. The van der Waals surface area contributed by atoms with Gasteiger partial charge in [0.15, 0.2) is 0 Å². The summed E-state index contributed by atoms with van der Waals surface area (Å²) in [6, 6.07) is -0.166. The highest BCUT2D eigenvalue weighted by Crippen LogP contribution is 2.23. The number of nitrogens with one attached hydrogen (secondary N) is 1. The first-order valence-electron chi connectivity index (χ1n) is 5.21. The Morgan fingerprint density at radius 1 is 1.71 bits per heavy atom. The predicted molar refractivity (Wildman–Crippen MR) is 52.8 cm³/mol. The van der Waals surface area contributed by atoms with Gasteiger partial charge in [0.2, 0.25) is 5.91 Å². The number of amides is 1. The standard InChI is InChI=1S/C10H19NO3/c1-3-9-8(4-5-14-9)10(13)11-7(2)6-12/h7-9,12H,3-6H2,1-2H3,(H,11,13)/t7-,8?,9?/m0/s1. The molecule has 1 aliphatic rings. The van der Waals surface area contributed by atoms with E-state index in [4.69, 9.17) is 9.84 Å². The van der Waals surface area contributed by atoms with Gasteiger partial charge in [-0.1, -0.05) is 6.92 Å². The number of rotatable bonds is 4. The zero-order chi connectivity index (χ0) is 10.6. The fourth-order valence-corrected chi connectivity index (χ4v) is 1.75. The van der Waals surface area contributed by atoms with E-state index in [9.17, 15) is 4.79 Å². The van der Waals surface area contributed by atoms with Crippen LogP contribution in [0.2, 0.25) is 0 Å². The molecule has 0 aliphatic carbocycles. The quantitative estimate of drug-likeness (QED) is 0.687. The molecule has 1 aliphatic heterocycles. The Morgan fingerprint density at radius 2 is 2.43 bits per heavy atom. The van der Waals surface area contributed by atoms with E-state index in [1.807, 2.05) is 6.92 Å². The summed E-state index contributed by atoms with van der Waals surface area (Å²) in [7, 11) is 0. The Bertz CT molecular complexity index is 196. The van der Waals surface area contributed by atoms with Crippen LogP contribution in [0.15, 0.2) is 0 Å². The average Bonchev–Trinajstić information content (AvgIpc) is 2.65. The molecular formula is C10H19NO3. The van der Waals surface area contributed by atoms with E-state index in [0.29, 0.717) is 6.61 Å². The fourth-order valence-electron chi connectivity index (χ4n) is 1.75. The molecule has 3 atom stereocenters. The summed E-state index contributed by atoms with van der Waals surface area (Å²) < 4.78 is 5.43. The highest BCUT2D eigenvalue weighted by Gasteiger charge is 2.32. The van der Waals surface area contributed by atoms with Crippen molar-refractivity contribution >= 4 is 5.91 Å². The number of carbonyl (C=O) groups is 1. The Balaban J connectivity index is 2.43. The molecule has 0 aromatic heterocycles. The van der Waals surface area contributed by atoms with Crippen molar-refractivity contribution in [3.8, 4) is 0 Å². The Hall–Kier alpha value is -0.610. The van der Waals surface area contributed by atoms with Crippen LogP contribution in [0, 0.1) is 5.92 Å². The van der Waals surface area contributed by atoms with Gasteiger partial charge in [0.25, 0.3) is 0 Å². The second-order valence-corrected chi connectivity index (χ2v) is 3.80. The fraction of sp³-hybridized carbons (Fsp3) is 0.900. The summed E-state index contributed by atoms with van der Waals surface area (Å²) in [5.74, 6) is -0.0232. The first-order valence-corrected chi connectivity index (χ1v) is 5.21. The molecule has 0 bridgehead atoms. The zero-order valence-corrected chi connectivity index (χ0v) is 8.82. The molecule has 2 N–H and O–H groups in total. The second kappa shape index (κ2) is 5.32. The highest BCUT2D eigenvalue weighted by molar-refractivity contribution is 5.79. The van der Waals surface area contributed by atoms with Gasteiger partial charge in [-0.05, 0) is 19.8 Å². The van der Waals surface area contributed by atoms with Crippen molar-refractivity contribution in [2.75, 3.05) is 13.2 Å². The number of hydrogen-bond donors (Lipinski definition) is 2. The summed E-state index contributed by atoms with van der Waals surface area (Å²) in [4.78, 5) is 11.7. The lowest BCUT2D eigenvalue weighted by Gasteiger charge is -2.18. The maximum atomic E-state index is 11.7. The van der Waals surface area contributed by atoms with E-state index >= 15 is 0 Å². The number of aliphatic hydroxyl groups is 1. The van der Waals surface area contributed by atoms with E-state index in [2.05, 4.69) is 5.32 Å². The van der Waals surface area contributed by atoms with Gasteiger partial charge in [-0.25, -0.2) is 0 Å². The minimum Gasteiger partial charge on any atom is -0.394 e. The molecule has 82 valence electrons. The van der Waals surface area contributed by atoms with Gasteiger partial charge >= 0.3 is 0 Å². The minimum absolute atomic E-state index is 0.0101. The molecule has 1 saturated heterocycles. The molecule has 1 amide bonds. The van der Waals surface area contributed by atoms with Crippen molar-refractivity contribution in [2.24, 2.45) is 5.92 Å². The van der Waals surface area contributed by atoms with Crippen LogP contribution in [0.3, 0.4) is 0 Å². The molecule has 0 aromatic carbocycles. The molecule has 1 heterocycles. The van der Waals surface area contributed by atoms with E-state index in [0.717, 1.165) is 12.8 Å². The number of aliphatic hydroxyl groups excluding tert-OH is 1. The Morgan fingerprint density at radius 3 is 3.00 bits per heavy atom. The molecule has 1 fully saturated rings. The van der Waals surface area contributed by atoms with Crippen LogP contribution in [-0.2, 0) is 9.53 Å². The zero-order valence-electron chi connectivity index (χ0n) is 8.82. The predicted octanol–water partition coefficient (Wildman–Crippen LogP) is 0.299. The minimum atomic E-state index is -0.166. The molecule has 4 nitrogen and oxygen atoms in total. The van der Waals surface area contributed by atoms with Gasteiger partial charge in [0.1, 0.15) is 0 Å². The average molecular weight is 201 g/mol. The Labute approximate surface area is 84.6 Å². The van der Waals surface area contributed by atoms with Gasteiger partial charge in [-0.3, -0.25) is 4.79 Å². The SMILES string of the molecule is CCC1OCCC1C(=O)N[C@@H](C)CO. The third-order valence-corrected chi connectivity index (χ3v) is 2.61. The van der Waals surface area contributed by atoms with E-state index < -0.39 is 0 Å². The van der Waals surface area contributed by atoms with Crippen LogP contribution < -0.4 is 5.32 Å². The van der Waals surface area contributed by atoms with E-state index in [-0.39, 0.29) is 30.6 Å². The van der Waals surface area contributed by atoms with E-state index in [1.54, 1.807) is 6.92 Å². The van der Waals surface area contributed by atoms with Gasteiger partial charge < -0.3 is 15.2 Å². The summed E-state index contributed by atoms with van der Waals surface area (Å²) in [6.07, 6.45) is 1.72. The van der Waals surface area contributed by atoms with Crippen LogP contribution in [0.25, 0.3) is 0 Å². The maximum absolute atomic E-state index is 11.7. The third-order valence-electron chi connectivity index (χ3n) is 2.61. The lowest BCUT2D eigenvalue weighted by atomic mass is 9.98. The molecule has 4 heteroatoms. The number of carbonyl (C=O) groups excluding carboxylic acids is 1. The second-order valence-electron chi connectivity index (χ2n) is 3.80. The van der Waals surface area contributed by atoms with Crippen LogP contribution in [0.4, 0.5) is 0 Å². The van der Waals surface area contributed by atoms with E-state index in [1.165, 1.54) is 0 Å². The summed E-state index contributed by atoms with van der Waals surface area (Å²) >= 11 is 0. The van der Waals surface area contributed by atoms with Crippen LogP contribution in [0.1, 0.15) is 26.7 Å². The molecule has 0 aromatic rings. The maximum Gasteiger partial charge on any atom is 0.226 e. The Kier molecular flexibility index (Phi) is 4.35. The summed E-state index contributed by atoms with van der Waals surface area (Å²) in [5, 5.41) is 11.6. The molecule has 0 saturated carbocycles. The van der Waals surface area contributed by atoms with Crippen molar-refractivity contribution in [2.45, 2.75) is 38.8 Å². The topological polar surface area (TPSA) is 58.6 Å². The molecule has 14 heavy (non-hydrogen) atoms. The van der Waals surface area contributed by atoms with Crippen LogP contribution >= 0.6 is 0 Å². The van der Waals surface area contributed by atoms with Crippen molar-refractivity contribution in [3.05, 3.63) is 0 Å². The normalized spacial score (nSPS) is 28.8.